The first-order chi connectivity index (χ1) is 21.8. The summed E-state index contributed by atoms with van der Waals surface area (Å²) >= 11 is 0. The minimum Gasteiger partial charge on any atom is -0.493 e. The van der Waals surface area contributed by atoms with E-state index in [1.54, 1.807) is 42.3 Å². The molecule has 45 heavy (non-hydrogen) atoms. The van der Waals surface area contributed by atoms with Crippen molar-refractivity contribution in [3.8, 4) is 17.2 Å². The number of ether oxygens (including phenoxy) is 3. The van der Waals surface area contributed by atoms with Crippen LogP contribution in [0.25, 0.3) is 10.9 Å². The Kier molecular flexibility index (Phi) is 8.41. The minimum absolute atomic E-state index is 0.0621. The Balaban J connectivity index is 1.27. The number of likely N-dealkylation sites (tertiary alicyclic amines) is 1. The van der Waals surface area contributed by atoms with Crippen molar-refractivity contribution < 1.29 is 28.6 Å². The second-order valence-electron chi connectivity index (χ2n) is 11.2. The number of benzene rings is 3. The van der Waals surface area contributed by atoms with Crippen LogP contribution in [-0.4, -0.2) is 66.1 Å². The van der Waals surface area contributed by atoms with Crippen LogP contribution in [-0.2, 0) is 29.6 Å². The van der Waals surface area contributed by atoms with Crippen molar-refractivity contribution in [1.29, 1.82) is 0 Å². The molecule has 3 amide bonds. The van der Waals surface area contributed by atoms with Gasteiger partial charge in [0.1, 0.15) is 17.4 Å². The van der Waals surface area contributed by atoms with Crippen molar-refractivity contribution in [3.05, 3.63) is 99.8 Å². The molecule has 2 N–H and O–H groups in total. The number of carbonyl (C=O) groups is 3. The van der Waals surface area contributed by atoms with Crippen LogP contribution < -0.4 is 30.4 Å². The summed E-state index contributed by atoms with van der Waals surface area (Å²) in [5.41, 5.74) is 2.12. The first-order valence-corrected chi connectivity index (χ1v) is 14.8. The number of aromatic nitrogens is 1. The summed E-state index contributed by atoms with van der Waals surface area (Å²) < 4.78 is 18.9. The van der Waals surface area contributed by atoms with E-state index in [0.29, 0.717) is 30.2 Å². The van der Waals surface area contributed by atoms with Gasteiger partial charge in [0.05, 0.1) is 25.2 Å². The van der Waals surface area contributed by atoms with Crippen molar-refractivity contribution in [2.75, 3.05) is 26.8 Å². The first-order valence-electron chi connectivity index (χ1n) is 14.8. The van der Waals surface area contributed by atoms with Gasteiger partial charge in [0, 0.05) is 26.6 Å². The lowest BCUT2D eigenvalue weighted by Gasteiger charge is -2.21. The molecule has 9 rings (SSSR count). The fourth-order valence-corrected chi connectivity index (χ4v) is 5.72. The van der Waals surface area contributed by atoms with Crippen LogP contribution >= 0.6 is 0 Å². The second kappa shape index (κ2) is 12.7. The molecule has 232 valence electrons. The number of carbonyl (C=O) groups excluding carboxylic acids is 3. The van der Waals surface area contributed by atoms with Crippen LogP contribution in [0.2, 0.25) is 0 Å². The molecule has 2 atom stereocenters. The fourth-order valence-electron chi connectivity index (χ4n) is 5.72. The molecule has 0 unspecified atom stereocenters. The molecule has 0 radical (unpaired) electrons. The number of hydrogen-bond donors (Lipinski definition) is 2. The van der Waals surface area contributed by atoms with Gasteiger partial charge in [-0.25, -0.2) is 0 Å². The van der Waals surface area contributed by atoms with Crippen LogP contribution in [0, 0.1) is 0 Å². The molecule has 0 saturated carbocycles. The molecular formula is C34H34N4O7. The third-order valence-corrected chi connectivity index (χ3v) is 8.19. The largest absolute Gasteiger partial charge is 0.493 e. The van der Waals surface area contributed by atoms with Crippen LogP contribution in [0.1, 0.15) is 27.9 Å². The van der Waals surface area contributed by atoms with E-state index < -0.39 is 18.1 Å². The van der Waals surface area contributed by atoms with Gasteiger partial charge in [-0.2, -0.15) is 0 Å². The molecule has 5 aliphatic rings. The van der Waals surface area contributed by atoms with Gasteiger partial charge in [-0.05, 0) is 59.3 Å². The van der Waals surface area contributed by atoms with E-state index >= 15 is 0 Å². The molecule has 3 aromatic carbocycles. The summed E-state index contributed by atoms with van der Waals surface area (Å²) in [6.07, 6.45) is 0.0521. The minimum atomic E-state index is -0.560. The summed E-state index contributed by atoms with van der Waals surface area (Å²) in [7, 11) is 3.16. The Morgan fingerprint density at radius 2 is 1.69 bits per heavy atom. The van der Waals surface area contributed by atoms with Crippen molar-refractivity contribution in [2.24, 2.45) is 7.05 Å². The molecule has 11 nitrogen and oxygen atoms in total. The van der Waals surface area contributed by atoms with Gasteiger partial charge in [0.2, 0.25) is 5.91 Å². The normalized spacial score (nSPS) is 18.8. The van der Waals surface area contributed by atoms with Crippen LogP contribution in [0.3, 0.4) is 0 Å². The maximum Gasteiger partial charge on any atom is 0.263 e. The molecule has 1 fully saturated rings. The Morgan fingerprint density at radius 3 is 2.49 bits per heavy atom. The van der Waals surface area contributed by atoms with Crippen LogP contribution in [0.4, 0.5) is 0 Å². The van der Waals surface area contributed by atoms with Gasteiger partial charge in [-0.15, -0.1) is 0 Å². The Hall–Kier alpha value is -5.32. The SMILES string of the molecule is COc1cc2ccc1OCC(=O)NCc1ccc(cc1)O[C@H]1CN(C(=O)c3cc4ccccc4n(C)c3=O)C[C@@H]1NC(=O)CC2. The van der Waals surface area contributed by atoms with E-state index in [4.69, 9.17) is 14.2 Å². The lowest BCUT2D eigenvalue weighted by Crippen LogP contribution is -2.45. The molecule has 5 aliphatic heterocycles. The lowest BCUT2D eigenvalue weighted by atomic mass is 10.1. The van der Waals surface area contributed by atoms with E-state index in [1.165, 1.54) is 11.7 Å². The maximum atomic E-state index is 13.8. The number of rotatable bonds is 2. The zero-order valence-electron chi connectivity index (χ0n) is 25.1. The monoisotopic (exact) mass is 610 g/mol. The molecule has 4 aromatic rings. The number of fused-ring (bicyclic) bond motifs is 1. The van der Waals surface area contributed by atoms with Gasteiger partial charge in [-0.3, -0.25) is 19.2 Å². The number of nitrogens with zero attached hydrogens (tertiary/aromatic N) is 2. The number of para-hydroxylation sites is 1. The number of hydrogen-bond acceptors (Lipinski definition) is 7. The Bertz CT molecular complexity index is 1820. The zero-order valence-corrected chi connectivity index (χ0v) is 25.1. The predicted octanol–water partition coefficient (Wildman–Crippen LogP) is 2.58. The molecular weight excluding hydrogens is 576 g/mol. The van der Waals surface area contributed by atoms with Gasteiger partial charge in [0.25, 0.3) is 17.4 Å². The summed E-state index contributed by atoms with van der Waals surface area (Å²) in [6, 6.07) is 21.1. The standard InChI is InChI=1S/C34H34N4O7/c1-37-27-6-4-3-5-23(27)16-25(33(37)41)34(42)38-18-26-30(19-38)45-24-11-7-22(8-12-24)17-35-32(40)20-44-28-13-9-21(15-29(28)43-2)10-14-31(39)36-26/h3-9,11-13,15-16,26,30H,10,14,17-20H2,1-2H3,(H,35,40)(H,36,39)/t26-,30-/m0/s1. The van der Waals surface area contributed by atoms with E-state index in [-0.39, 0.29) is 49.1 Å². The molecule has 0 aliphatic carbocycles. The number of amides is 3. The predicted molar refractivity (Wildman–Crippen MR) is 167 cm³/mol. The van der Waals surface area contributed by atoms with Crippen molar-refractivity contribution in [2.45, 2.75) is 31.5 Å². The van der Waals surface area contributed by atoms with E-state index in [9.17, 15) is 19.2 Å². The number of aryl methyl sites for hydroxylation is 2. The summed E-state index contributed by atoms with van der Waals surface area (Å²) in [4.78, 5) is 54.1. The fraction of sp³-hybridized carbons (Fsp3) is 0.294. The number of nitrogens with one attached hydrogen (secondary N) is 2. The molecule has 1 aromatic heterocycles. The highest BCUT2D eigenvalue weighted by Crippen LogP contribution is 2.29. The average molecular weight is 611 g/mol. The van der Waals surface area contributed by atoms with Crippen LogP contribution in [0.5, 0.6) is 17.2 Å². The van der Waals surface area contributed by atoms with E-state index in [0.717, 1.165) is 22.0 Å². The summed E-state index contributed by atoms with van der Waals surface area (Å²) in [6.45, 7) is 0.470. The first kappa shape index (κ1) is 29.7. The van der Waals surface area contributed by atoms with E-state index in [1.807, 2.05) is 42.5 Å². The third-order valence-electron chi connectivity index (χ3n) is 8.19. The summed E-state index contributed by atoms with van der Waals surface area (Å²) in [5, 5.41) is 6.68. The third kappa shape index (κ3) is 6.47. The van der Waals surface area contributed by atoms with Gasteiger partial charge >= 0.3 is 0 Å². The van der Waals surface area contributed by atoms with Crippen molar-refractivity contribution in [3.63, 3.8) is 0 Å². The quantitative estimate of drug-likeness (QED) is 0.357. The highest BCUT2D eigenvalue weighted by Gasteiger charge is 2.39. The summed E-state index contributed by atoms with van der Waals surface area (Å²) in [5.74, 6) is 0.533. The van der Waals surface area contributed by atoms with E-state index in [2.05, 4.69) is 10.6 Å². The van der Waals surface area contributed by atoms with Crippen molar-refractivity contribution >= 4 is 28.6 Å². The molecule has 11 heteroatoms. The molecule has 1 saturated heterocycles. The second-order valence-corrected chi connectivity index (χ2v) is 11.2. The lowest BCUT2D eigenvalue weighted by molar-refractivity contribution is -0.123. The Morgan fingerprint density at radius 1 is 0.911 bits per heavy atom. The molecule has 6 heterocycles. The average Bonchev–Trinajstić information content (AvgIpc) is 3.45. The van der Waals surface area contributed by atoms with Crippen LogP contribution in [0.15, 0.2) is 77.6 Å². The maximum absolute atomic E-state index is 13.8. The van der Waals surface area contributed by atoms with Gasteiger partial charge < -0.3 is 34.3 Å². The smallest absolute Gasteiger partial charge is 0.263 e. The number of pyridine rings is 1. The molecule has 0 spiro atoms. The zero-order chi connectivity index (χ0) is 31.5. The Labute approximate surface area is 259 Å². The number of methoxy groups -OCH3 is 1. The topological polar surface area (TPSA) is 128 Å². The highest BCUT2D eigenvalue weighted by molar-refractivity contribution is 5.97. The van der Waals surface area contributed by atoms with Gasteiger partial charge in [-0.1, -0.05) is 36.4 Å². The van der Waals surface area contributed by atoms with Crippen molar-refractivity contribution in [1.82, 2.24) is 20.1 Å². The van der Waals surface area contributed by atoms with Gasteiger partial charge in [0.15, 0.2) is 18.1 Å². The highest BCUT2D eigenvalue weighted by atomic mass is 16.5. The molecule has 4 bridgehead atoms.